The van der Waals surface area contributed by atoms with Crippen molar-refractivity contribution in [3.8, 4) is 17.4 Å². The first-order valence-electron chi connectivity index (χ1n) is 9.24. The Morgan fingerprint density at radius 2 is 1.84 bits per heavy atom. The number of amides is 1. The predicted octanol–water partition coefficient (Wildman–Crippen LogP) is 5.98. The normalized spacial score (nSPS) is 11.1. The summed E-state index contributed by atoms with van der Waals surface area (Å²) in [5.41, 5.74) is 3.36. The van der Waals surface area contributed by atoms with Crippen molar-refractivity contribution < 1.29 is 14.1 Å². The molecule has 0 fully saturated rings. The Kier molecular flexibility index (Phi) is 6.23. The van der Waals surface area contributed by atoms with Crippen LogP contribution in [0, 0.1) is 42.2 Å². The molecule has 3 rings (SSSR count). The van der Waals surface area contributed by atoms with Crippen LogP contribution >= 0.6 is 11.6 Å². The number of halogens is 1. The number of furan rings is 1. The highest BCUT2D eigenvalue weighted by molar-refractivity contribution is 6.30. The van der Waals surface area contributed by atoms with E-state index in [0.29, 0.717) is 5.69 Å². The lowest BCUT2D eigenvalue weighted by molar-refractivity contribution is -0.384. The van der Waals surface area contributed by atoms with Crippen LogP contribution in [0.3, 0.4) is 0 Å². The number of nitro groups is 1. The number of nitrogens with one attached hydrogen (secondary N) is 1. The van der Waals surface area contributed by atoms with E-state index < -0.39 is 10.8 Å². The quantitative estimate of drug-likeness (QED) is 0.229. The topological polar surface area (TPSA) is 109 Å². The van der Waals surface area contributed by atoms with Crippen LogP contribution in [0.5, 0.6) is 0 Å². The van der Waals surface area contributed by atoms with Gasteiger partial charge in [0, 0.05) is 22.9 Å². The average molecular weight is 436 g/mol. The zero-order chi connectivity index (χ0) is 22.7. The standard InChI is InChI=1S/C23H18ClN3O4/c1-13-8-14(2)22(15(3)9-13)26-23(28)16(12-25)10-18-5-7-21(31-18)19-6-4-17(24)11-20(19)27(29)30/h4-11H,1-3H3,(H,26,28)/b16-10+. The van der Waals surface area contributed by atoms with Gasteiger partial charge in [-0.15, -0.1) is 0 Å². The number of anilines is 1. The number of carbonyl (C=O) groups is 1. The van der Waals surface area contributed by atoms with Crippen LogP contribution in [0.1, 0.15) is 22.5 Å². The molecule has 1 heterocycles. The Bertz CT molecular complexity index is 1250. The van der Waals surface area contributed by atoms with E-state index in [0.717, 1.165) is 16.7 Å². The summed E-state index contributed by atoms with van der Waals surface area (Å²) in [5.74, 6) is -0.145. The van der Waals surface area contributed by atoms with Crippen LogP contribution in [0.2, 0.25) is 5.02 Å². The SMILES string of the molecule is Cc1cc(C)c(NC(=O)/C(C#N)=C/c2ccc(-c3ccc(Cl)cc3[N+](=O)[O-])o2)c(C)c1. The number of nitriles is 1. The monoisotopic (exact) mass is 435 g/mol. The van der Waals surface area contributed by atoms with Crippen molar-refractivity contribution >= 4 is 35.0 Å². The first-order chi connectivity index (χ1) is 14.7. The molecule has 1 N–H and O–H groups in total. The molecule has 0 atom stereocenters. The Morgan fingerprint density at radius 3 is 2.45 bits per heavy atom. The van der Waals surface area contributed by atoms with Crippen LogP contribution in [0.4, 0.5) is 11.4 Å². The summed E-state index contributed by atoms with van der Waals surface area (Å²) in [6.07, 6.45) is 1.29. The average Bonchev–Trinajstić information content (AvgIpc) is 3.17. The summed E-state index contributed by atoms with van der Waals surface area (Å²) in [7, 11) is 0. The van der Waals surface area contributed by atoms with E-state index in [9.17, 15) is 20.2 Å². The van der Waals surface area contributed by atoms with E-state index in [1.54, 1.807) is 0 Å². The van der Waals surface area contributed by atoms with Gasteiger partial charge in [0.05, 0.1) is 10.5 Å². The summed E-state index contributed by atoms with van der Waals surface area (Å²) < 4.78 is 5.64. The van der Waals surface area contributed by atoms with Crippen molar-refractivity contribution in [2.45, 2.75) is 20.8 Å². The second-order valence-electron chi connectivity index (χ2n) is 7.02. The first kappa shape index (κ1) is 21.8. The van der Waals surface area contributed by atoms with Crippen LogP contribution in [0.25, 0.3) is 17.4 Å². The molecule has 8 heteroatoms. The van der Waals surface area contributed by atoms with Crippen molar-refractivity contribution in [1.82, 2.24) is 0 Å². The molecule has 0 spiro atoms. The van der Waals surface area contributed by atoms with Gasteiger partial charge in [0.25, 0.3) is 11.6 Å². The van der Waals surface area contributed by atoms with Gasteiger partial charge in [0.15, 0.2) is 0 Å². The second kappa shape index (κ2) is 8.86. The number of hydrogen-bond acceptors (Lipinski definition) is 5. The zero-order valence-corrected chi connectivity index (χ0v) is 17.8. The van der Waals surface area contributed by atoms with Crippen LogP contribution < -0.4 is 5.32 Å². The molecule has 31 heavy (non-hydrogen) atoms. The van der Waals surface area contributed by atoms with Gasteiger partial charge in [-0.3, -0.25) is 14.9 Å². The number of carbonyl (C=O) groups excluding carboxylic acids is 1. The third kappa shape index (κ3) is 4.82. The number of rotatable bonds is 5. The van der Waals surface area contributed by atoms with Crippen molar-refractivity contribution in [3.63, 3.8) is 0 Å². The summed E-state index contributed by atoms with van der Waals surface area (Å²) in [6.45, 7) is 5.72. The van der Waals surface area contributed by atoms with E-state index in [1.165, 1.54) is 36.4 Å². The molecular formula is C23H18ClN3O4. The zero-order valence-electron chi connectivity index (χ0n) is 17.0. The van der Waals surface area contributed by atoms with Gasteiger partial charge in [-0.25, -0.2) is 0 Å². The van der Waals surface area contributed by atoms with Gasteiger partial charge in [0.2, 0.25) is 0 Å². The maximum absolute atomic E-state index is 12.6. The molecule has 0 saturated carbocycles. The molecule has 156 valence electrons. The van der Waals surface area contributed by atoms with Crippen molar-refractivity contribution in [2.75, 3.05) is 5.32 Å². The molecule has 3 aromatic rings. The molecule has 1 aromatic heterocycles. The van der Waals surface area contributed by atoms with Crippen molar-refractivity contribution in [2.24, 2.45) is 0 Å². The number of nitro benzene ring substituents is 1. The Balaban J connectivity index is 1.90. The highest BCUT2D eigenvalue weighted by atomic mass is 35.5. The third-order valence-corrected chi connectivity index (χ3v) is 4.85. The van der Waals surface area contributed by atoms with E-state index in [4.69, 9.17) is 16.0 Å². The van der Waals surface area contributed by atoms with Crippen LogP contribution in [0.15, 0.2) is 52.5 Å². The molecule has 1 amide bonds. The van der Waals surface area contributed by atoms with Gasteiger partial charge < -0.3 is 9.73 Å². The smallest absolute Gasteiger partial charge is 0.281 e. The molecule has 0 unspecified atom stereocenters. The van der Waals surface area contributed by atoms with Crippen LogP contribution in [-0.4, -0.2) is 10.8 Å². The van der Waals surface area contributed by atoms with Crippen molar-refractivity contribution in [3.05, 3.63) is 85.6 Å². The lowest BCUT2D eigenvalue weighted by Crippen LogP contribution is -2.15. The van der Waals surface area contributed by atoms with Gasteiger partial charge >= 0.3 is 0 Å². The molecule has 2 aromatic carbocycles. The third-order valence-electron chi connectivity index (χ3n) is 4.62. The Hall–Kier alpha value is -3.89. The van der Waals surface area contributed by atoms with E-state index in [1.807, 2.05) is 39.0 Å². The molecule has 0 aliphatic rings. The fourth-order valence-electron chi connectivity index (χ4n) is 3.29. The molecule has 0 radical (unpaired) electrons. The first-order valence-corrected chi connectivity index (χ1v) is 9.62. The second-order valence-corrected chi connectivity index (χ2v) is 7.45. The van der Waals surface area contributed by atoms with E-state index >= 15 is 0 Å². The minimum atomic E-state index is -0.576. The lowest BCUT2D eigenvalue weighted by atomic mass is 10.0. The van der Waals surface area contributed by atoms with E-state index in [-0.39, 0.29) is 33.4 Å². The van der Waals surface area contributed by atoms with Gasteiger partial charge in [-0.1, -0.05) is 29.3 Å². The summed E-state index contributed by atoms with van der Waals surface area (Å²) in [4.78, 5) is 23.4. The predicted molar refractivity (Wildman–Crippen MR) is 119 cm³/mol. The number of nitrogens with zero attached hydrogens (tertiary/aromatic N) is 2. The minimum Gasteiger partial charge on any atom is -0.456 e. The van der Waals surface area contributed by atoms with Gasteiger partial charge in [-0.2, -0.15) is 5.26 Å². The Labute approximate surface area is 183 Å². The van der Waals surface area contributed by atoms with Gasteiger partial charge in [0.1, 0.15) is 23.2 Å². The minimum absolute atomic E-state index is 0.161. The number of benzene rings is 2. The Morgan fingerprint density at radius 1 is 1.16 bits per heavy atom. The molecular weight excluding hydrogens is 418 g/mol. The van der Waals surface area contributed by atoms with Crippen molar-refractivity contribution in [1.29, 1.82) is 5.26 Å². The summed E-state index contributed by atoms with van der Waals surface area (Å²) >= 11 is 5.85. The molecule has 0 bridgehead atoms. The number of hydrogen-bond donors (Lipinski definition) is 1. The maximum atomic E-state index is 12.6. The van der Waals surface area contributed by atoms with E-state index in [2.05, 4.69) is 5.32 Å². The highest BCUT2D eigenvalue weighted by Crippen LogP contribution is 2.33. The fourth-order valence-corrected chi connectivity index (χ4v) is 3.45. The molecule has 7 nitrogen and oxygen atoms in total. The molecule has 0 aliphatic carbocycles. The largest absolute Gasteiger partial charge is 0.456 e. The summed E-state index contributed by atoms with van der Waals surface area (Å²) in [5, 5.41) is 23.8. The van der Waals surface area contributed by atoms with Crippen LogP contribution in [-0.2, 0) is 4.79 Å². The fraction of sp³-hybridized carbons (Fsp3) is 0.130. The maximum Gasteiger partial charge on any atom is 0.281 e. The highest BCUT2D eigenvalue weighted by Gasteiger charge is 2.19. The van der Waals surface area contributed by atoms with Gasteiger partial charge in [-0.05, 0) is 56.2 Å². The molecule has 0 saturated heterocycles. The molecule has 0 aliphatic heterocycles. The lowest BCUT2D eigenvalue weighted by Gasteiger charge is -2.12. The summed E-state index contributed by atoms with van der Waals surface area (Å²) in [6, 6.07) is 13.0. The number of aryl methyl sites for hydroxylation is 3.